The molecule has 0 heterocycles. The minimum absolute atomic E-state index is 0. The molecule has 0 aromatic rings. The summed E-state index contributed by atoms with van der Waals surface area (Å²) in [6, 6.07) is 0. The largest absolute Gasteiger partial charge is 1.00 e. The summed E-state index contributed by atoms with van der Waals surface area (Å²) in [5, 5.41) is 10.5. The Morgan fingerprint density at radius 2 is 1.94 bits per heavy atom. The van der Waals surface area contributed by atoms with Crippen molar-refractivity contribution in [1.82, 2.24) is 4.90 Å². The summed E-state index contributed by atoms with van der Waals surface area (Å²) in [5.41, 5.74) is -0.525. The Labute approximate surface area is 114 Å². The van der Waals surface area contributed by atoms with Crippen LogP contribution in [0.15, 0.2) is 0 Å². The van der Waals surface area contributed by atoms with Gasteiger partial charge in [0.25, 0.3) is 0 Å². The van der Waals surface area contributed by atoms with E-state index >= 15 is 0 Å². The maximum atomic E-state index is 11.5. The van der Waals surface area contributed by atoms with Gasteiger partial charge >= 0.3 is 25.0 Å². The van der Waals surface area contributed by atoms with E-state index in [2.05, 4.69) is 0 Å². The average molecular weight is 235 g/mol. The number of carboxylic acid groups (broad SMARTS) is 1. The van der Waals surface area contributed by atoms with Crippen LogP contribution in [0.3, 0.4) is 0 Å². The zero-order valence-electron chi connectivity index (χ0n) is 11.1. The quantitative estimate of drug-likeness (QED) is 0.497. The molecule has 1 rings (SSSR count). The van der Waals surface area contributed by atoms with Crippen molar-refractivity contribution in [3.8, 4) is 0 Å². The fourth-order valence-electron chi connectivity index (χ4n) is 1.50. The van der Waals surface area contributed by atoms with Gasteiger partial charge in [-0.05, 0) is 33.1 Å². The number of carbonyl (C=O) groups excluding carboxylic acids is 2. The van der Waals surface area contributed by atoms with E-state index in [-0.39, 0.29) is 24.8 Å². The topological polar surface area (TPSA) is 69.7 Å². The van der Waals surface area contributed by atoms with Crippen LogP contribution in [0.5, 0.6) is 0 Å². The molecule has 0 aromatic heterocycles. The number of aliphatic carboxylic acids is 1. The van der Waals surface area contributed by atoms with Gasteiger partial charge in [0.15, 0.2) is 0 Å². The van der Waals surface area contributed by atoms with E-state index in [1.807, 2.05) is 0 Å². The van der Waals surface area contributed by atoms with Gasteiger partial charge in [-0.15, -0.1) is 0 Å². The molecule has 1 amide bonds. The molecule has 0 radical (unpaired) electrons. The zero-order valence-corrected chi connectivity index (χ0v) is 11.1. The summed E-state index contributed by atoms with van der Waals surface area (Å²) in [6.07, 6.45) is 0.173. The van der Waals surface area contributed by atoms with E-state index in [1.165, 1.54) is 4.90 Å². The number of hydrogen-bond donors (Lipinski definition) is 0. The van der Waals surface area contributed by atoms with E-state index in [0.29, 0.717) is 13.0 Å². The molecule has 0 bridgehead atoms. The van der Waals surface area contributed by atoms with Crippen LogP contribution in [0, 0.1) is 11.8 Å². The van der Waals surface area contributed by atoms with Gasteiger partial charge in [-0.3, -0.25) is 0 Å². The molecule has 1 aliphatic carbocycles. The van der Waals surface area contributed by atoms with Crippen LogP contribution in [-0.4, -0.2) is 36.2 Å². The normalized spacial score (nSPS) is 22.4. The zero-order chi connectivity index (χ0) is 12.5. The number of rotatable bonds is 3. The number of hydrogen-bond acceptors (Lipinski definition) is 4. The molecule has 0 unspecified atom stereocenters. The predicted molar refractivity (Wildman–Crippen MR) is 55.5 cm³/mol. The van der Waals surface area contributed by atoms with Crippen molar-refractivity contribution in [2.45, 2.75) is 32.8 Å². The fourth-order valence-corrected chi connectivity index (χ4v) is 1.50. The molecular formula is C11H18LiNO4. The summed E-state index contributed by atoms with van der Waals surface area (Å²) < 4.78 is 5.15. The summed E-state index contributed by atoms with van der Waals surface area (Å²) in [4.78, 5) is 23.5. The Morgan fingerprint density at radius 1 is 1.41 bits per heavy atom. The number of carbonyl (C=O) groups is 2. The molecule has 2 atom stereocenters. The second kappa shape index (κ2) is 5.79. The Morgan fingerprint density at radius 3 is 2.29 bits per heavy atom. The third-order valence-electron chi connectivity index (χ3n) is 2.44. The average Bonchev–Trinajstić information content (AvgIpc) is 2.80. The molecule has 0 aromatic carbocycles. The van der Waals surface area contributed by atoms with Crippen molar-refractivity contribution in [2.75, 3.05) is 13.6 Å². The van der Waals surface area contributed by atoms with Crippen molar-refractivity contribution < 1.29 is 38.3 Å². The molecule has 0 aliphatic heterocycles. The first kappa shape index (κ1) is 16.3. The monoisotopic (exact) mass is 235 g/mol. The molecule has 1 saturated carbocycles. The number of carboxylic acids is 1. The van der Waals surface area contributed by atoms with Gasteiger partial charge in [-0.2, -0.15) is 0 Å². The molecule has 1 fully saturated rings. The van der Waals surface area contributed by atoms with Crippen LogP contribution in [0.1, 0.15) is 27.2 Å². The standard InChI is InChI=1S/C11H19NO4.Li/c1-11(2,3)16-10(15)12(4)6-7-5-8(7)9(13)14;/h7-8H,5-6H2,1-4H3,(H,13,14);/q;+1/p-1/t7-,8+;/m0./s1. The smallest absolute Gasteiger partial charge is 0.550 e. The Hall–Kier alpha value is -0.663. The van der Waals surface area contributed by atoms with Gasteiger partial charge in [-0.25, -0.2) is 4.79 Å². The minimum atomic E-state index is -1.03. The number of amides is 1. The first-order valence-electron chi connectivity index (χ1n) is 5.35. The Bertz CT molecular complexity index is 300. The Kier molecular flexibility index (Phi) is 5.56. The SMILES string of the molecule is CN(C[C@@H]1C[C@H]1C(=O)[O-])C(=O)OC(C)(C)C.[Li+]. The van der Waals surface area contributed by atoms with E-state index in [0.717, 1.165) is 0 Å². The summed E-state index contributed by atoms with van der Waals surface area (Å²) in [7, 11) is 1.61. The maximum absolute atomic E-state index is 11.5. The summed E-state index contributed by atoms with van der Waals surface area (Å²) in [5.74, 6) is -1.41. The second-order valence-corrected chi connectivity index (χ2v) is 5.28. The van der Waals surface area contributed by atoms with Gasteiger partial charge in [0.2, 0.25) is 0 Å². The van der Waals surface area contributed by atoms with Crippen LogP contribution in [0.4, 0.5) is 4.79 Å². The molecule has 5 nitrogen and oxygen atoms in total. The van der Waals surface area contributed by atoms with Crippen molar-refractivity contribution in [1.29, 1.82) is 0 Å². The van der Waals surface area contributed by atoms with Crippen LogP contribution >= 0.6 is 0 Å². The summed E-state index contributed by atoms with van der Waals surface area (Å²) >= 11 is 0. The molecule has 1 aliphatic rings. The molecule has 6 heteroatoms. The van der Waals surface area contributed by atoms with E-state index in [1.54, 1.807) is 27.8 Å². The van der Waals surface area contributed by atoms with Crippen LogP contribution < -0.4 is 24.0 Å². The molecular weight excluding hydrogens is 217 g/mol. The number of ether oxygens (including phenoxy) is 1. The second-order valence-electron chi connectivity index (χ2n) is 5.28. The van der Waals surface area contributed by atoms with Crippen LogP contribution in [-0.2, 0) is 9.53 Å². The molecule has 17 heavy (non-hydrogen) atoms. The van der Waals surface area contributed by atoms with E-state index in [4.69, 9.17) is 4.74 Å². The third-order valence-corrected chi connectivity index (χ3v) is 2.44. The number of nitrogens with zero attached hydrogens (tertiary/aromatic N) is 1. The van der Waals surface area contributed by atoms with Crippen molar-refractivity contribution >= 4 is 12.1 Å². The first-order valence-corrected chi connectivity index (χ1v) is 5.35. The van der Waals surface area contributed by atoms with E-state index < -0.39 is 23.6 Å². The van der Waals surface area contributed by atoms with Crippen LogP contribution in [0.25, 0.3) is 0 Å². The van der Waals surface area contributed by atoms with Crippen molar-refractivity contribution in [3.63, 3.8) is 0 Å². The summed E-state index contributed by atoms with van der Waals surface area (Å²) in [6.45, 7) is 5.78. The Balaban J connectivity index is 0.00000256. The van der Waals surface area contributed by atoms with Gasteiger partial charge < -0.3 is 19.5 Å². The van der Waals surface area contributed by atoms with Crippen molar-refractivity contribution in [3.05, 3.63) is 0 Å². The van der Waals surface area contributed by atoms with Crippen molar-refractivity contribution in [2.24, 2.45) is 11.8 Å². The molecule has 92 valence electrons. The maximum Gasteiger partial charge on any atom is 1.00 e. The fraction of sp³-hybridized carbons (Fsp3) is 0.818. The van der Waals surface area contributed by atoms with Gasteiger partial charge in [0.1, 0.15) is 5.60 Å². The van der Waals surface area contributed by atoms with Gasteiger partial charge in [0, 0.05) is 25.5 Å². The predicted octanol–water partition coefficient (Wildman–Crippen LogP) is -2.76. The molecule has 0 saturated heterocycles. The molecule has 0 N–H and O–H groups in total. The minimum Gasteiger partial charge on any atom is -0.550 e. The van der Waals surface area contributed by atoms with Gasteiger partial charge in [-0.1, -0.05) is 0 Å². The van der Waals surface area contributed by atoms with E-state index in [9.17, 15) is 14.7 Å². The van der Waals surface area contributed by atoms with Gasteiger partial charge in [0.05, 0.1) is 0 Å². The van der Waals surface area contributed by atoms with Crippen LogP contribution in [0.2, 0.25) is 0 Å². The first-order chi connectivity index (χ1) is 7.20. The molecule has 0 spiro atoms. The third kappa shape index (κ3) is 5.47.